The van der Waals surface area contributed by atoms with Crippen molar-refractivity contribution in [3.63, 3.8) is 0 Å². The Bertz CT molecular complexity index is 696. The summed E-state index contributed by atoms with van der Waals surface area (Å²) in [6, 6.07) is 12.1. The summed E-state index contributed by atoms with van der Waals surface area (Å²) in [7, 11) is 3.18. The van der Waals surface area contributed by atoms with Gasteiger partial charge in [0.15, 0.2) is 11.5 Å². The number of ether oxygens (including phenoxy) is 2. The molecule has 0 saturated carbocycles. The lowest BCUT2D eigenvalue weighted by atomic mass is 10.1. The minimum absolute atomic E-state index is 0.0996. The second-order valence-corrected chi connectivity index (χ2v) is 4.82. The Labute approximate surface area is 134 Å². The molecule has 0 fully saturated rings. The number of nitrogens with zero attached hydrogens (tertiary/aromatic N) is 2. The van der Waals surface area contributed by atoms with Crippen LogP contribution in [-0.4, -0.2) is 31.9 Å². The number of hydrogen-bond acceptors (Lipinski definition) is 5. The average Bonchev–Trinajstić information content (AvgIpc) is 2.58. The monoisotopic (exact) mass is 314 g/mol. The number of methoxy groups -OCH3 is 2. The fraction of sp³-hybridized carbons (Fsp3) is 0.235. The molecule has 0 unspecified atom stereocenters. The van der Waals surface area contributed by atoms with E-state index in [1.807, 2.05) is 18.2 Å². The molecule has 0 heterocycles. The van der Waals surface area contributed by atoms with E-state index in [4.69, 9.17) is 9.47 Å². The highest BCUT2D eigenvalue weighted by Gasteiger charge is 2.04. The van der Waals surface area contributed by atoms with Crippen LogP contribution in [0.5, 0.6) is 11.5 Å². The van der Waals surface area contributed by atoms with E-state index in [0.29, 0.717) is 18.0 Å². The maximum atomic E-state index is 10.6. The molecule has 0 N–H and O–H groups in total. The van der Waals surface area contributed by atoms with Gasteiger partial charge in [-0.3, -0.25) is 15.1 Å². The largest absolute Gasteiger partial charge is 0.493 e. The van der Waals surface area contributed by atoms with Gasteiger partial charge in [0.05, 0.1) is 19.1 Å². The van der Waals surface area contributed by atoms with Gasteiger partial charge in [0, 0.05) is 24.9 Å². The fourth-order valence-corrected chi connectivity index (χ4v) is 2.08. The first kappa shape index (κ1) is 16.5. The Morgan fingerprint density at radius 3 is 2.39 bits per heavy atom. The van der Waals surface area contributed by atoms with E-state index >= 15 is 0 Å². The predicted octanol–water partition coefficient (Wildman–Crippen LogP) is 3.27. The van der Waals surface area contributed by atoms with E-state index < -0.39 is 4.92 Å². The van der Waals surface area contributed by atoms with Crippen molar-refractivity contribution in [2.24, 2.45) is 4.99 Å². The first-order chi connectivity index (χ1) is 11.1. The number of hydrogen-bond donors (Lipinski definition) is 0. The topological polar surface area (TPSA) is 74.0 Å². The van der Waals surface area contributed by atoms with E-state index in [1.165, 1.54) is 12.1 Å². The summed E-state index contributed by atoms with van der Waals surface area (Å²) in [5.41, 5.74) is 2.04. The Hall–Kier alpha value is -2.89. The molecule has 0 radical (unpaired) electrons. The van der Waals surface area contributed by atoms with Gasteiger partial charge < -0.3 is 9.47 Å². The standard InChI is InChI=1S/C17H18N2O4/c1-22-16-8-5-14(11-17(16)23-2)12-18-10-9-13-3-6-15(7-4-13)19(20)21/h3-8,11-12H,9-10H2,1-2H3. The van der Waals surface area contributed by atoms with Crippen molar-refractivity contribution in [2.75, 3.05) is 20.8 Å². The van der Waals surface area contributed by atoms with Crippen molar-refractivity contribution in [2.45, 2.75) is 6.42 Å². The van der Waals surface area contributed by atoms with Gasteiger partial charge in [-0.1, -0.05) is 12.1 Å². The third-order valence-corrected chi connectivity index (χ3v) is 3.32. The molecule has 0 aliphatic rings. The molecule has 6 nitrogen and oxygen atoms in total. The maximum absolute atomic E-state index is 10.6. The van der Waals surface area contributed by atoms with Crippen LogP contribution in [0, 0.1) is 10.1 Å². The van der Waals surface area contributed by atoms with Gasteiger partial charge in [0.2, 0.25) is 0 Å². The van der Waals surface area contributed by atoms with Gasteiger partial charge in [-0.15, -0.1) is 0 Å². The van der Waals surface area contributed by atoms with E-state index in [0.717, 1.165) is 17.5 Å². The molecule has 0 aliphatic heterocycles. The number of nitro groups is 1. The average molecular weight is 314 g/mol. The molecule has 2 rings (SSSR count). The van der Waals surface area contributed by atoms with E-state index in [9.17, 15) is 10.1 Å². The lowest BCUT2D eigenvalue weighted by molar-refractivity contribution is -0.384. The van der Waals surface area contributed by atoms with Gasteiger partial charge in [-0.2, -0.15) is 0 Å². The highest BCUT2D eigenvalue weighted by Crippen LogP contribution is 2.26. The molecule has 2 aromatic carbocycles. The number of non-ortho nitro benzene ring substituents is 1. The van der Waals surface area contributed by atoms with Crippen molar-refractivity contribution in [1.82, 2.24) is 0 Å². The van der Waals surface area contributed by atoms with Gasteiger partial charge in [0.1, 0.15) is 0 Å². The first-order valence-electron chi connectivity index (χ1n) is 7.09. The van der Waals surface area contributed by atoms with Crippen molar-refractivity contribution >= 4 is 11.9 Å². The van der Waals surface area contributed by atoms with Gasteiger partial charge in [0.25, 0.3) is 5.69 Å². The molecule has 6 heteroatoms. The van der Waals surface area contributed by atoms with Crippen LogP contribution in [0.25, 0.3) is 0 Å². The number of aliphatic imine (C=N–C) groups is 1. The van der Waals surface area contributed by atoms with Crippen LogP contribution in [0.4, 0.5) is 5.69 Å². The van der Waals surface area contributed by atoms with Gasteiger partial charge in [-0.05, 0) is 35.7 Å². The normalized spacial score (nSPS) is 10.7. The quantitative estimate of drug-likeness (QED) is 0.446. The molecule has 0 amide bonds. The van der Waals surface area contributed by atoms with Crippen LogP contribution >= 0.6 is 0 Å². The lowest BCUT2D eigenvalue weighted by Gasteiger charge is -2.07. The molecule has 0 bridgehead atoms. The molecule has 0 aromatic heterocycles. The molecule has 23 heavy (non-hydrogen) atoms. The third-order valence-electron chi connectivity index (χ3n) is 3.32. The SMILES string of the molecule is COc1ccc(C=NCCc2ccc([N+](=O)[O-])cc2)cc1OC. The van der Waals surface area contributed by atoms with Crippen molar-refractivity contribution in [3.8, 4) is 11.5 Å². The zero-order chi connectivity index (χ0) is 16.7. The summed E-state index contributed by atoms with van der Waals surface area (Å²) in [5, 5.41) is 10.6. The van der Waals surface area contributed by atoms with Gasteiger partial charge in [-0.25, -0.2) is 0 Å². The van der Waals surface area contributed by atoms with Crippen LogP contribution < -0.4 is 9.47 Å². The Balaban J connectivity index is 1.93. The lowest BCUT2D eigenvalue weighted by Crippen LogP contribution is -1.94. The van der Waals surface area contributed by atoms with Crippen LogP contribution in [0.1, 0.15) is 11.1 Å². The first-order valence-corrected chi connectivity index (χ1v) is 7.09. The summed E-state index contributed by atoms with van der Waals surface area (Å²) in [5.74, 6) is 1.34. The number of rotatable bonds is 7. The second kappa shape index (κ2) is 7.93. The Kier molecular flexibility index (Phi) is 5.68. The summed E-state index contributed by atoms with van der Waals surface area (Å²) < 4.78 is 10.4. The highest BCUT2D eigenvalue weighted by atomic mass is 16.6. The zero-order valence-corrected chi connectivity index (χ0v) is 13.1. The fourth-order valence-electron chi connectivity index (χ4n) is 2.08. The number of nitro benzene ring substituents is 1. The van der Waals surface area contributed by atoms with Crippen molar-refractivity contribution < 1.29 is 14.4 Å². The third kappa shape index (κ3) is 4.54. The molecule has 2 aromatic rings. The second-order valence-electron chi connectivity index (χ2n) is 4.82. The molecule has 0 atom stereocenters. The molecule has 0 aliphatic carbocycles. The minimum atomic E-state index is -0.404. The summed E-state index contributed by atoms with van der Waals surface area (Å²) in [6.45, 7) is 0.603. The van der Waals surface area contributed by atoms with Crippen LogP contribution in [-0.2, 0) is 6.42 Å². The van der Waals surface area contributed by atoms with Crippen LogP contribution in [0.15, 0.2) is 47.5 Å². The summed E-state index contributed by atoms with van der Waals surface area (Å²) in [4.78, 5) is 14.6. The van der Waals surface area contributed by atoms with Crippen molar-refractivity contribution in [3.05, 3.63) is 63.7 Å². The summed E-state index contributed by atoms with van der Waals surface area (Å²) in [6.07, 6.45) is 2.50. The smallest absolute Gasteiger partial charge is 0.269 e. The molecule has 0 spiro atoms. The van der Waals surface area contributed by atoms with Crippen LogP contribution in [0.3, 0.4) is 0 Å². The Morgan fingerprint density at radius 2 is 1.78 bits per heavy atom. The minimum Gasteiger partial charge on any atom is -0.493 e. The van der Waals surface area contributed by atoms with Gasteiger partial charge >= 0.3 is 0 Å². The van der Waals surface area contributed by atoms with Crippen molar-refractivity contribution in [1.29, 1.82) is 0 Å². The van der Waals surface area contributed by atoms with E-state index in [1.54, 1.807) is 32.6 Å². The molecule has 120 valence electrons. The molecular weight excluding hydrogens is 296 g/mol. The summed E-state index contributed by atoms with van der Waals surface area (Å²) >= 11 is 0. The molecule has 0 saturated heterocycles. The molecular formula is C17H18N2O4. The predicted molar refractivity (Wildman–Crippen MR) is 88.8 cm³/mol. The Morgan fingerprint density at radius 1 is 1.09 bits per heavy atom. The van der Waals surface area contributed by atoms with Crippen LogP contribution in [0.2, 0.25) is 0 Å². The highest BCUT2D eigenvalue weighted by molar-refractivity contribution is 5.80. The maximum Gasteiger partial charge on any atom is 0.269 e. The van der Waals surface area contributed by atoms with E-state index in [-0.39, 0.29) is 5.69 Å². The van der Waals surface area contributed by atoms with E-state index in [2.05, 4.69) is 4.99 Å². The number of benzene rings is 2. The zero-order valence-electron chi connectivity index (χ0n) is 13.1.